The summed E-state index contributed by atoms with van der Waals surface area (Å²) >= 11 is 0. The number of alkyl halides is 1. The van der Waals surface area contributed by atoms with Gasteiger partial charge in [0.1, 0.15) is 29.8 Å². The molecule has 0 saturated carbocycles. The van der Waals surface area contributed by atoms with Crippen molar-refractivity contribution in [3.05, 3.63) is 65.4 Å². The second-order valence-electron chi connectivity index (χ2n) is 11.3. The number of amides is 1. The second-order valence-corrected chi connectivity index (χ2v) is 11.3. The fraction of sp³-hybridized carbons (Fsp3) is 0.438. The Morgan fingerprint density at radius 1 is 1.17 bits per heavy atom. The number of hydrogen-bond donors (Lipinski definition) is 2. The maximum Gasteiger partial charge on any atom is 0.251 e. The highest BCUT2D eigenvalue weighted by atomic mass is 19.1. The van der Waals surface area contributed by atoms with Gasteiger partial charge in [0, 0.05) is 30.4 Å². The highest BCUT2D eigenvalue weighted by Crippen LogP contribution is 2.32. The Morgan fingerprint density at radius 3 is 2.64 bits per heavy atom. The molecule has 0 radical (unpaired) electrons. The molecule has 9 nitrogen and oxygen atoms in total. The van der Waals surface area contributed by atoms with Gasteiger partial charge in [-0.15, -0.1) is 0 Å². The van der Waals surface area contributed by atoms with E-state index in [1.54, 1.807) is 30.5 Å². The molecule has 0 aliphatic carbocycles. The lowest BCUT2D eigenvalue weighted by Gasteiger charge is -2.35. The minimum atomic E-state index is -1.44. The molecular formula is C32H37FN6O3. The van der Waals surface area contributed by atoms with E-state index in [2.05, 4.69) is 58.4 Å². The number of aryl methyl sites for hydroxylation is 1. The number of nitrogens with zero attached hydrogens (tertiary/aromatic N) is 5. The summed E-state index contributed by atoms with van der Waals surface area (Å²) in [5.74, 6) is 1.42. The Kier molecular flexibility index (Phi) is 9.00. The Hall–Kier alpha value is -4.07. The third-order valence-corrected chi connectivity index (χ3v) is 8.14. The summed E-state index contributed by atoms with van der Waals surface area (Å²) in [7, 11) is 2.17. The molecule has 3 heterocycles. The molecule has 3 aromatic rings. The van der Waals surface area contributed by atoms with E-state index in [9.17, 15) is 19.6 Å². The summed E-state index contributed by atoms with van der Waals surface area (Å²) in [6.45, 7) is 5.86. The number of aliphatic hydroxyl groups excluding tert-OH is 1. The van der Waals surface area contributed by atoms with Crippen LogP contribution in [0, 0.1) is 18.3 Å². The zero-order valence-electron chi connectivity index (χ0n) is 24.3. The van der Waals surface area contributed by atoms with Crippen LogP contribution in [0.15, 0.2) is 48.7 Å². The molecule has 0 unspecified atom stereocenters. The fourth-order valence-electron chi connectivity index (χ4n) is 5.75. The van der Waals surface area contributed by atoms with Crippen molar-refractivity contribution in [2.45, 2.75) is 57.4 Å². The summed E-state index contributed by atoms with van der Waals surface area (Å²) < 4.78 is 20.7. The van der Waals surface area contributed by atoms with Crippen molar-refractivity contribution in [1.29, 1.82) is 5.26 Å². The number of piperidine rings is 2. The van der Waals surface area contributed by atoms with E-state index >= 15 is 0 Å². The van der Waals surface area contributed by atoms with E-state index in [0.717, 1.165) is 18.8 Å². The first kappa shape index (κ1) is 29.4. The summed E-state index contributed by atoms with van der Waals surface area (Å²) in [4.78, 5) is 24.8. The minimum Gasteiger partial charge on any atom is -0.486 e. The van der Waals surface area contributed by atoms with Crippen molar-refractivity contribution in [1.82, 2.24) is 19.8 Å². The maximum atomic E-state index is 14.9. The molecule has 10 heteroatoms. The highest BCUT2D eigenvalue weighted by molar-refractivity contribution is 5.80. The fourth-order valence-corrected chi connectivity index (χ4v) is 5.75. The molecular weight excluding hydrogens is 535 g/mol. The zero-order valence-corrected chi connectivity index (χ0v) is 24.3. The van der Waals surface area contributed by atoms with Gasteiger partial charge in [-0.1, -0.05) is 6.07 Å². The van der Waals surface area contributed by atoms with Gasteiger partial charge >= 0.3 is 0 Å². The normalized spacial score (nSPS) is 20.5. The summed E-state index contributed by atoms with van der Waals surface area (Å²) in [6, 6.07) is 15.4. The zero-order chi connectivity index (χ0) is 29.8. The van der Waals surface area contributed by atoms with Crippen molar-refractivity contribution in [3.63, 3.8) is 0 Å². The van der Waals surface area contributed by atoms with Crippen molar-refractivity contribution >= 4 is 17.4 Å². The first-order valence-corrected chi connectivity index (χ1v) is 14.4. The number of hydrogen-bond acceptors (Lipinski definition) is 8. The molecule has 5 rings (SSSR count). The number of carbonyl (C=O) groups excluding carboxylic acids is 1. The lowest BCUT2D eigenvalue weighted by Crippen LogP contribution is -2.51. The van der Waals surface area contributed by atoms with Crippen LogP contribution in [0.4, 0.5) is 15.9 Å². The van der Waals surface area contributed by atoms with Crippen molar-refractivity contribution in [2.24, 2.45) is 0 Å². The molecule has 42 heavy (non-hydrogen) atoms. The van der Waals surface area contributed by atoms with Gasteiger partial charge in [0.25, 0.3) is 5.91 Å². The number of nitrogens with one attached hydrogen (secondary N) is 1. The van der Waals surface area contributed by atoms with E-state index in [4.69, 9.17) is 4.74 Å². The lowest BCUT2D eigenvalue weighted by molar-refractivity contribution is -0.143. The smallest absolute Gasteiger partial charge is 0.251 e. The van der Waals surface area contributed by atoms with Gasteiger partial charge in [-0.3, -0.25) is 4.79 Å². The number of rotatable bonds is 7. The number of halogens is 1. The van der Waals surface area contributed by atoms with Crippen molar-refractivity contribution in [3.8, 4) is 23.2 Å². The molecule has 2 fully saturated rings. The quantitative estimate of drug-likeness (QED) is 0.423. The molecule has 0 bridgehead atoms. The first-order chi connectivity index (χ1) is 20.2. The lowest BCUT2D eigenvalue weighted by atomic mass is 9.87. The molecule has 0 spiro atoms. The SMILES string of the molecule is Cc1cc(Nc2ccnc(-c3ccc(O[C@H]4CCN(C(=O)[C@H](C)O)C[C@H]4F)c(C#N)c3)n2)ccc1C1CCN(C)CC1. The molecule has 1 aromatic heterocycles. The second kappa shape index (κ2) is 12.8. The molecule has 3 atom stereocenters. The Morgan fingerprint density at radius 2 is 1.95 bits per heavy atom. The molecule has 2 aliphatic rings. The predicted octanol–water partition coefficient (Wildman–Crippen LogP) is 4.58. The summed E-state index contributed by atoms with van der Waals surface area (Å²) in [6.07, 6.45) is 0.832. The van der Waals surface area contributed by atoms with Crippen LogP contribution in [0.5, 0.6) is 5.75 Å². The molecule has 220 valence electrons. The van der Waals surface area contributed by atoms with E-state index < -0.39 is 24.3 Å². The number of anilines is 2. The summed E-state index contributed by atoms with van der Waals surface area (Å²) in [5, 5.41) is 22.7. The number of likely N-dealkylation sites (tertiary alicyclic amines) is 2. The van der Waals surface area contributed by atoms with Crippen LogP contribution < -0.4 is 10.1 Å². The van der Waals surface area contributed by atoms with Crippen LogP contribution in [-0.2, 0) is 4.79 Å². The molecule has 2 aliphatic heterocycles. The minimum absolute atomic E-state index is 0.164. The predicted molar refractivity (Wildman–Crippen MR) is 158 cm³/mol. The van der Waals surface area contributed by atoms with Crippen LogP contribution in [0.1, 0.15) is 48.8 Å². The number of aliphatic hydroxyl groups is 1. The maximum absolute atomic E-state index is 14.9. The average Bonchev–Trinajstić information content (AvgIpc) is 2.98. The number of aromatic nitrogens is 2. The number of carbonyl (C=O) groups is 1. The first-order valence-electron chi connectivity index (χ1n) is 14.4. The monoisotopic (exact) mass is 572 g/mol. The van der Waals surface area contributed by atoms with Crippen LogP contribution in [0.2, 0.25) is 0 Å². The van der Waals surface area contributed by atoms with E-state index in [-0.39, 0.29) is 30.8 Å². The standard InChI is InChI=1S/C32H37FN6O3/c1-20-16-25(5-6-26(20)22-9-13-38(3)14-10-22)36-30-8-12-35-31(37-30)23-4-7-28(24(17-23)18-34)42-29-11-15-39(19-27(29)33)32(41)21(2)40/h4-8,12,16-17,21-22,27,29,40H,9-11,13-15,19H2,1-3H3,(H,35,36,37)/t21-,27+,29-/m0/s1. The van der Waals surface area contributed by atoms with Crippen LogP contribution in [0.3, 0.4) is 0 Å². The van der Waals surface area contributed by atoms with Gasteiger partial charge in [0.15, 0.2) is 12.0 Å². The molecule has 1 amide bonds. The van der Waals surface area contributed by atoms with Crippen molar-refractivity contribution < 1.29 is 19.0 Å². The van der Waals surface area contributed by atoms with Gasteiger partial charge in [0.05, 0.1) is 12.1 Å². The van der Waals surface area contributed by atoms with Crippen molar-refractivity contribution in [2.75, 3.05) is 38.5 Å². The topological polar surface area (TPSA) is 115 Å². The molecule has 2 aromatic carbocycles. The number of ether oxygens (including phenoxy) is 1. The Balaban J connectivity index is 1.26. The van der Waals surface area contributed by atoms with Crippen LogP contribution in [0.25, 0.3) is 11.4 Å². The highest BCUT2D eigenvalue weighted by Gasteiger charge is 2.34. The summed E-state index contributed by atoms with van der Waals surface area (Å²) in [5.41, 5.74) is 4.47. The van der Waals surface area contributed by atoms with Gasteiger partial charge < -0.3 is 25.0 Å². The molecule has 2 saturated heterocycles. The largest absolute Gasteiger partial charge is 0.486 e. The van der Waals surface area contributed by atoms with Gasteiger partial charge in [-0.05, 0) is 100 Å². The third-order valence-electron chi connectivity index (χ3n) is 8.14. The van der Waals surface area contributed by atoms with Gasteiger partial charge in [-0.25, -0.2) is 14.4 Å². The van der Waals surface area contributed by atoms with E-state index in [1.807, 2.05) is 0 Å². The number of nitriles is 1. The van der Waals surface area contributed by atoms with Crippen LogP contribution >= 0.6 is 0 Å². The molecule has 2 N–H and O–H groups in total. The van der Waals surface area contributed by atoms with Crippen LogP contribution in [-0.4, -0.2) is 82.4 Å². The number of benzene rings is 2. The average molecular weight is 573 g/mol. The third kappa shape index (κ3) is 6.69. The van der Waals surface area contributed by atoms with E-state index in [0.29, 0.717) is 23.1 Å². The van der Waals surface area contributed by atoms with E-state index in [1.165, 1.54) is 35.8 Å². The van der Waals surface area contributed by atoms with Gasteiger partial charge in [-0.2, -0.15) is 5.26 Å². The van der Waals surface area contributed by atoms with Gasteiger partial charge in [0.2, 0.25) is 0 Å². The Labute approximate surface area is 246 Å². The Bertz CT molecular complexity index is 1470.